The summed E-state index contributed by atoms with van der Waals surface area (Å²) < 4.78 is 17.7. The number of anilines is 1. The second kappa shape index (κ2) is 9.59. The number of aromatic nitrogens is 4. The van der Waals surface area contributed by atoms with Crippen molar-refractivity contribution in [2.75, 3.05) is 32.3 Å². The van der Waals surface area contributed by atoms with Gasteiger partial charge in [-0.3, -0.25) is 4.79 Å². The lowest BCUT2D eigenvalue weighted by molar-refractivity contribution is 0.0954. The Morgan fingerprint density at radius 1 is 1.06 bits per heavy atom. The molecular weight excluding hydrogens is 448 g/mol. The molecule has 0 saturated heterocycles. The molecule has 0 unspecified atom stereocenters. The monoisotopic (exact) mass is 474 g/mol. The maximum absolute atomic E-state index is 12.6. The number of methoxy groups -OCH3 is 1. The number of fused-ring (bicyclic) bond motifs is 2. The first-order valence-corrected chi connectivity index (χ1v) is 11.3. The first-order valence-electron chi connectivity index (χ1n) is 11.3. The highest BCUT2D eigenvalue weighted by Gasteiger charge is 2.18. The summed E-state index contributed by atoms with van der Waals surface area (Å²) in [5.41, 5.74) is 4.09. The smallest absolute Gasteiger partial charge is 0.251 e. The Kier molecular flexibility index (Phi) is 6.19. The fourth-order valence-electron chi connectivity index (χ4n) is 3.91. The van der Waals surface area contributed by atoms with Crippen molar-refractivity contribution in [1.29, 1.82) is 0 Å². The third-order valence-electron chi connectivity index (χ3n) is 5.64. The second-order valence-corrected chi connectivity index (χ2v) is 8.20. The number of hydrogen-bond acceptors (Lipinski definition) is 8. The molecule has 0 radical (unpaired) electrons. The van der Waals surface area contributed by atoms with Crippen LogP contribution in [0.15, 0.2) is 42.5 Å². The Hall–Kier alpha value is -4.18. The van der Waals surface area contributed by atoms with Gasteiger partial charge in [0.2, 0.25) is 6.79 Å². The number of carbonyl (C=O) groups is 1. The summed E-state index contributed by atoms with van der Waals surface area (Å²) in [7, 11) is 1.61. The molecule has 0 atom stereocenters. The standard InChI is InChI=1S/C25H26N6O4/c1-15-4-7-18(8-5-15)31-24-22(16(2)30-31)23(28-21(29-24)13-33-3)26-10-11-27-25(32)17-6-9-19-20(12-17)35-14-34-19/h4-9,12H,10-11,13-14H2,1-3H3,(H,27,32)(H,26,28,29). The third kappa shape index (κ3) is 4.60. The Balaban J connectivity index is 1.33. The Morgan fingerprint density at radius 2 is 1.86 bits per heavy atom. The minimum atomic E-state index is -0.193. The van der Waals surface area contributed by atoms with E-state index in [-0.39, 0.29) is 19.3 Å². The Morgan fingerprint density at radius 3 is 2.66 bits per heavy atom. The Bertz CT molecular complexity index is 1380. The predicted molar refractivity (Wildman–Crippen MR) is 130 cm³/mol. The minimum Gasteiger partial charge on any atom is -0.454 e. The van der Waals surface area contributed by atoms with Crippen LogP contribution in [-0.2, 0) is 11.3 Å². The van der Waals surface area contributed by atoms with Crippen LogP contribution in [0.25, 0.3) is 16.7 Å². The van der Waals surface area contributed by atoms with E-state index in [1.54, 1.807) is 25.3 Å². The molecule has 10 heteroatoms. The molecule has 2 aromatic carbocycles. The topological polar surface area (TPSA) is 112 Å². The van der Waals surface area contributed by atoms with Crippen LogP contribution in [0.2, 0.25) is 0 Å². The number of amides is 1. The largest absolute Gasteiger partial charge is 0.454 e. The minimum absolute atomic E-state index is 0.169. The van der Waals surface area contributed by atoms with Crippen molar-refractivity contribution in [2.45, 2.75) is 20.5 Å². The van der Waals surface area contributed by atoms with Crippen LogP contribution >= 0.6 is 0 Å². The van der Waals surface area contributed by atoms with Gasteiger partial charge < -0.3 is 24.8 Å². The van der Waals surface area contributed by atoms with E-state index in [4.69, 9.17) is 24.3 Å². The zero-order valence-corrected chi connectivity index (χ0v) is 19.8. The van der Waals surface area contributed by atoms with Gasteiger partial charge in [-0.25, -0.2) is 14.6 Å². The zero-order valence-electron chi connectivity index (χ0n) is 19.8. The molecule has 35 heavy (non-hydrogen) atoms. The predicted octanol–water partition coefficient (Wildman–Crippen LogP) is 3.15. The van der Waals surface area contributed by atoms with Crippen molar-refractivity contribution in [3.05, 3.63) is 65.1 Å². The van der Waals surface area contributed by atoms with E-state index < -0.39 is 0 Å². The van der Waals surface area contributed by atoms with Crippen LogP contribution in [0.1, 0.15) is 27.4 Å². The number of nitrogens with zero attached hydrogens (tertiary/aromatic N) is 4. The molecular formula is C25H26N6O4. The van der Waals surface area contributed by atoms with Crippen molar-refractivity contribution in [3.63, 3.8) is 0 Å². The van der Waals surface area contributed by atoms with Crippen molar-refractivity contribution in [3.8, 4) is 17.2 Å². The Labute approximate surface area is 202 Å². The van der Waals surface area contributed by atoms with Crippen LogP contribution in [0.4, 0.5) is 5.82 Å². The summed E-state index contributed by atoms with van der Waals surface area (Å²) >= 11 is 0. The molecule has 0 spiro atoms. The number of rotatable bonds is 8. The van der Waals surface area contributed by atoms with Crippen LogP contribution in [-0.4, -0.2) is 52.6 Å². The molecule has 2 N–H and O–H groups in total. The van der Waals surface area contributed by atoms with Crippen molar-refractivity contribution in [1.82, 2.24) is 25.1 Å². The molecule has 1 amide bonds. The maximum Gasteiger partial charge on any atom is 0.251 e. The summed E-state index contributed by atoms with van der Waals surface area (Å²) in [4.78, 5) is 21.9. The molecule has 0 fully saturated rings. The van der Waals surface area contributed by atoms with Crippen LogP contribution in [0.3, 0.4) is 0 Å². The van der Waals surface area contributed by atoms with Gasteiger partial charge in [-0.15, -0.1) is 0 Å². The van der Waals surface area contributed by atoms with Gasteiger partial charge in [-0.1, -0.05) is 17.7 Å². The molecule has 0 aliphatic carbocycles. The summed E-state index contributed by atoms with van der Waals surface area (Å²) in [6.07, 6.45) is 0. The molecule has 0 saturated carbocycles. The van der Waals surface area contributed by atoms with E-state index >= 15 is 0 Å². The highest BCUT2D eigenvalue weighted by atomic mass is 16.7. The third-order valence-corrected chi connectivity index (χ3v) is 5.64. The van der Waals surface area contributed by atoms with Gasteiger partial charge in [0, 0.05) is 25.8 Å². The lowest BCUT2D eigenvalue weighted by atomic mass is 10.2. The summed E-state index contributed by atoms with van der Waals surface area (Å²) in [5, 5.41) is 11.8. The molecule has 1 aliphatic heterocycles. The summed E-state index contributed by atoms with van der Waals surface area (Å²) in [6.45, 7) is 5.27. The first-order chi connectivity index (χ1) is 17.0. The highest BCUT2D eigenvalue weighted by Crippen LogP contribution is 2.32. The van der Waals surface area contributed by atoms with E-state index in [9.17, 15) is 4.79 Å². The van der Waals surface area contributed by atoms with E-state index in [1.165, 1.54) is 5.56 Å². The molecule has 2 aromatic heterocycles. The lowest BCUT2D eigenvalue weighted by Gasteiger charge is -2.11. The number of aryl methyl sites for hydroxylation is 2. The average Bonchev–Trinajstić information content (AvgIpc) is 3.46. The van der Waals surface area contributed by atoms with Gasteiger partial charge in [0.05, 0.1) is 16.8 Å². The van der Waals surface area contributed by atoms with Gasteiger partial charge in [0.1, 0.15) is 12.4 Å². The number of ether oxygens (including phenoxy) is 3. The highest BCUT2D eigenvalue weighted by molar-refractivity contribution is 5.95. The van der Waals surface area contributed by atoms with Gasteiger partial charge >= 0.3 is 0 Å². The molecule has 1 aliphatic rings. The van der Waals surface area contributed by atoms with Crippen molar-refractivity contribution < 1.29 is 19.0 Å². The summed E-state index contributed by atoms with van der Waals surface area (Å²) in [5.74, 6) is 2.21. The van der Waals surface area contributed by atoms with Crippen LogP contribution in [0.5, 0.6) is 11.5 Å². The fourth-order valence-corrected chi connectivity index (χ4v) is 3.91. The second-order valence-electron chi connectivity index (χ2n) is 8.20. The van der Waals surface area contributed by atoms with E-state index in [0.29, 0.717) is 47.4 Å². The number of benzene rings is 2. The molecule has 3 heterocycles. The SMILES string of the molecule is COCc1nc(NCCNC(=O)c2ccc3c(c2)OCO3)c2c(C)nn(-c3ccc(C)cc3)c2n1. The quantitative estimate of drug-likeness (QED) is 0.375. The normalized spacial score (nSPS) is 12.2. The van der Waals surface area contributed by atoms with Gasteiger partial charge in [0.15, 0.2) is 23.0 Å². The number of hydrogen-bond donors (Lipinski definition) is 2. The number of carbonyl (C=O) groups excluding carboxylic acids is 1. The van der Waals surface area contributed by atoms with E-state index in [1.807, 2.05) is 42.8 Å². The fraction of sp³-hybridized carbons (Fsp3) is 0.280. The average molecular weight is 475 g/mol. The van der Waals surface area contributed by atoms with Gasteiger partial charge in [-0.05, 0) is 44.2 Å². The lowest BCUT2D eigenvalue weighted by Crippen LogP contribution is -2.29. The van der Waals surface area contributed by atoms with Crippen molar-refractivity contribution in [2.24, 2.45) is 0 Å². The van der Waals surface area contributed by atoms with E-state index in [2.05, 4.69) is 15.6 Å². The molecule has 4 aromatic rings. The summed E-state index contributed by atoms with van der Waals surface area (Å²) in [6, 6.07) is 13.2. The van der Waals surface area contributed by atoms with Gasteiger partial charge in [-0.2, -0.15) is 5.10 Å². The molecule has 5 rings (SSSR count). The van der Waals surface area contributed by atoms with E-state index in [0.717, 1.165) is 16.8 Å². The number of nitrogens with one attached hydrogen (secondary N) is 2. The van der Waals surface area contributed by atoms with Crippen LogP contribution in [0, 0.1) is 13.8 Å². The zero-order chi connectivity index (χ0) is 24.4. The van der Waals surface area contributed by atoms with Crippen LogP contribution < -0.4 is 20.1 Å². The molecule has 10 nitrogen and oxygen atoms in total. The van der Waals surface area contributed by atoms with Gasteiger partial charge in [0.25, 0.3) is 5.91 Å². The molecule has 180 valence electrons. The maximum atomic E-state index is 12.6. The molecule has 0 bridgehead atoms. The van der Waals surface area contributed by atoms with Crippen molar-refractivity contribution >= 4 is 22.8 Å². The first kappa shape index (κ1) is 22.6.